The van der Waals surface area contributed by atoms with Gasteiger partial charge in [0.05, 0.1) is 24.6 Å². The number of carbonyl (C=O) groups excluding carboxylic acids is 1. The van der Waals surface area contributed by atoms with E-state index in [0.29, 0.717) is 47.2 Å². The molecular weight excluding hydrogens is 379 g/mol. The number of carbonyl (C=O) groups is 1. The molecule has 0 aliphatic carbocycles. The smallest absolute Gasteiger partial charge is 0.227 e. The highest BCUT2D eigenvalue weighted by Gasteiger charge is 2.24. The van der Waals surface area contributed by atoms with E-state index in [0.717, 1.165) is 5.56 Å². The maximum atomic E-state index is 13.0. The molecule has 144 valence electrons. The summed E-state index contributed by atoms with van der Waals surface area (Å²) in [5, 5.41) is 15.5. The van der Waals surface area contributed by atoms with Crippen molar-refractivity contribution in [3.8, 4) is 11.8 Å². The number of nitriles is 1. The summed E-state index contributed by atoms with van der Waals surface area (Å²) in [6.45, 7) is -0.00764. The lowest BCUT2D eigenvalue weighted by Gasteiger charge is -2.22. The van der Waals surface area contributed by atoms with Crippen LogP contribution in [-0.2, 0) is 11.2 Å². The minimum absolute atomic E-state index is 0.00764. The van der Waals surface area contributed by atoms with Crippen LogP contribution in [0.2, 0.25) is 0 Å². The third kappa shape index (κ3) is 4.38. The molecule has 1 heterocycles. The SMILES string of the molecule is COc1cc2c(cc1NC(=S)Nc1ccc(F)cc1)CCCC(=O)N2CC#N. The number of benzene rings is 2. The standard InChI is InChI=1S/C20H19FN4O2S/c1-27-18-12-17-13(3-2-4-19(26)25(17)10-9-22)11-16(18)24-20(28)23-15-7-5-14(21)6-8-15/h5-8,11-12H,2-4,10H2,1H3,(H2,23,24,28). The monoisotopic (exact) mass is 398 g/mol. The number of methoxy groups -OCH3 is 1. The lowest BCUT2D eigenvalue weighted by atomic mass is 10.1. The summed E-state index contributed by atoms with van der Waals surface area (Å²) in [6.07, 6.45) is 1.81. The maximum Gasteiger partial charge on any atom is 0.227 e. The first-order valence-corrected chi connectivity index (χ1v) is 9.14. The predicted octanol–water partition coefficient (Wildman–Crippen LogP) is 3.84. The third-order valence-electron chi connectivity index (χ3n) is 4.41. The first-order valence-electron chi connectivity index (χ1n) is 8.73. The molecule has 0 aromatic heterocycles. The molecule has 0 atom stereocenters. The number of hydrogen-bond donors (Lipinski definition) is 2. The van der Waals surface area contributed by atoms with Crippen molar-refractivity contribution in [1.29, 1.82) is 5.26 Å². The van der Waals surface area contributed by atoms with E-state index >= 15 is 0 Å². The van der Waals surface area contributed by atoms with Gasteiger partial charge in [-0.25, -0.2) is 4.39 Å². The van der Waals surface area contributed by atoms with E-state index in [4.69, 9.17) is 22.2 Å². The summed E-state index contributed by atoms with van der Waals surface area (Å²) in [4.78, 5) is 13.8. The fourth-order valence-corrected chi connectivity index (χ4v) is 3.32. The van der Waals surface area contributed by atoms with Crippen molar-refractivity contribution in [1.82, 2.24) is 0 Å². The summed E-state index contributed by atoms with van der Waals surface area (Å²) in [6, 6.07) is 11.5. The van der Waals surface area contributed by atoms with E-state index in [1.54, 1.807) is 18.2 Å². The van der Waals surface area contributed by atoms with Crippen LogP contribution in [-0.4, -0.2) is 24.7 Å². The number of nitrogens with one attached hydrogen (secondary N) is 2. The number of aryl methyl sites for hydroxylation is 1. The second-order valence-corrected chi connectivity index (χ2v) is 6.67. The molecule has 6 nitrogen and oxygen atoms in total. The summed E-state index contributed by atoms with van der Waals surface area (Å²) in [5.41, 5.74) is 2.92. The Morgan fingerprint density at radius 2 is 2.04 bits per heavy atom. The molecule has 2 aromatic carbocycles. The number of hydrogen-bond acceptors (Lipinski definition) is 4. The van der Waals surface area contributed by atoms with E-state index < -0.39 is 0 Å². The average molecular weight is 398 g/mol. The van der Waals surface area contributed by atoms with Crippen molar-refractivity contribution in [2.24, 2.45) is 0 Å². The van der Waals surface area contributed by atoms with Crippen molar-refractivity contribution < 1.29 is 13.9 Å². The Morgan fingerprint density at radius 3 is 2.71 bits per heavy atom. The lowest BCUT2D eigenvalue weighted by molar-refractivity contribution is -0.118. The second-order valence-electron chi connectivity index (χ2n) is 6.26. The van der Waals surface area contributed by atoms with Crippen molar-refractivity contribution in [2.75, 3.05) is 29.2 Å². The number of fused-ring (bicyclic) bond motifs is 1. The van der Waals surface area contributed by atoms with Gasteiger partial charge in [-0.1, -0.05) is 0 Å². The van der Waals surface area contributed by atoms with Crippen molar-refractivity contribution >= 4 is 40.3 Å². The van der Waals surface area contributed by atoms with E-state index in [1.165, 1.54) is 24.1 Å². The highest BCUT2D eigenvalue weighted by molar-refractivity contribution is 7.80. The average Bonchev–Trinajstić information content (AvgIpc) is 2.82. The van der Waals surface area contributed by atoms with Crippen LogP contribution in [0, 0.1) is 17.1 Å². The molecule has 1 aliphatic rings. The quantitative estimate of drug-likeness (QED) is 0.602. The molecule has 2 N–H and O–H groups in total. The molecular formula is C20H19FN4O2S. The molecule has 1 aliphatic heterocycles. The normalized spacial score (nSPS) is 13.2. The van der Waals surface area contributed by atoms with E-state index in [-0.39, 0.29) is 18.3 Å². The van der Waals surface area contributed by atoms with Gasteiger partial charge in [0.25, 0.3) is 0 Å². The van der Waals surface area contributed by atoms with Crippen LogP contribution in [0.3, 0.4) is 0 Å². The van der Waals surface area contributed by atoms with Crippen molar-refractivity contribution in [3.05, 3.63) is 47.8 Å². The van der Waals surface area contributed by atoms with Gasteiger partial charge in [0.15, 0.2) is 5.11 Å². The molecule has 2 aromatic rings. The fourth-order valence-electron chi connectivity index (χ4n) is 3.09. The maximum absolute atomic E-state index is 13.0. The Labute approximate surface area is 167 Å². The topological polar surface area (TPSA) is 77.4 Å². The van der Waals surface area contributed by atoms with Gasteiger partial charge in [-0.05, 0) is 61.0 Å². The Kier molecular flexibility index (Phi) is 6.06. The number of anilines is 3. The molecule has 8 heteroatoms. The Hall–Kier alpha value is -3.18. The molecule has 3 rings (SSSR count). The highest BCUT2D eigenvalue weighted by atomic mass is 32.1. The first kappa shape index (κ1) is 19.6. The Morgan fingerprint density at radius 1 is 1.29 bits per heavy atom. The van der Waals surface area contributed by atoms with Crippen LogP contribution < -0.4 is 20.3 Å². The summed E-state index contributed by atoms with van der Waals surface area (Å²) in [5.74, 6) is 0.101. The van der Waals surface area contributed by atoms with Crippen molar-refractivity contribution in [3.63, 3.8) is 0 Å². The lowest BCUT2D eigenvalue weighted by Crippen LogP contribution is -2.30. The van der Waals surface area contributed by atoms with Gasteiger partial charge in [0, 0.05) is 18.2 Å². The van der Waals surface area contributed by atoms with Gasteiger partial charge in [0.2, 0.25) is 5.91 Å². The van der Waals surface area contributed by atoms with E-state index in [1.807, 2.05) is 12.1 Å². The zero-order valence-electron chi connectivity index (χ0n) is 15.3. The molecule has 0 bridgehead atoms. The van der Waals surface area contributed by atoms with Gasteiger partial charge in [-0.15, -0.1) is 0 Å². The minimum Gasteiger partial charge on any atom is -0.494 e. The number of nitrogens with zero attached hydrogens (tertiary/aromatic N) is 2. The second kappa shape index (κ2) is 8.67. The fraction of sp³-hybridized carbons (Fsp3) is 0.250. The highest BCUT2D eigenvalue weighted by Crippen LogP contribution is 2.36. The molecule has 0 unspecified atom stereocenters. The first-order chi connectivity index (χ1) is 13.5. The minimum atomic E-state index is -0.326. The van der Waals surface area contributed by atoms with Crippen LogP contribution in [0.15, 0.2) is 36.4 Å². The molecule has 0 spiro atoms. The number of rotatable bonds is 4. The molecule has 0 saturated carbocycles. The van der Waals surface area contributed by atoms with Crippen LogP contribution in [0.25, 0.3) is 0 Å². The van der Waals surface area contributed by atoms with Crippen LogP contribution in [0.4, 0.5) is 21.5 Å². The summed E-state index contributed by atoms with van der Waals surface area (Å²) >= 11 is 5.34. The summed E-state index contributed by atoms with van der Waals surface area (Å²) < 4.78 is 18.5. The van der Waals surface area contributed by atoms with Crippen LogP contribution in [0.5, 0.6) is 5.75 Å². The third-order valence-corrected chi connectivity index (χ3v) is 4.61. The number of thiocarbonyl (C=S) groups is 1. The molecule has 0 radical (unpaired) electrons. The van der Waals surface area contributed by atoms with Gasteiger partial charge < -0.3 is 15.4 Å². The van der Waals surface area contributed by atoms with Gasteiger partial charge in [0.1, 0.15) is 18.1 Å². The number of ether oxygens (including phenoxy) is 1. The van der Waals surface area contributed by atoms with Gasteiger partial charge >= 0.3 is 0 Å². The zero-order valence-corrected chi connectivity index (χ0v) is 16.1. The Bertz CT molecular complexity index is 940. The number of amides is 1. The van der Waals surface area contributed by atoms with Crippen LogP contribution >= 0.6 is 12.2 Å². The molecule has 0 fully saturated rings. The predicted molar refractivity (Wildman–Crippen MR) is 110 cm³/mol. The van der Waals surface area contributed by atoms with E-state index in [2.05, 4.69) is 10.6 Å². The molecule has 1 amide bonds. The molecule has 28 heavy (non-hydrogen) atoms. The van der Waals surface area contributed by atoms with Gasteiger partial charge in [-0.2, -0.15) is 5.26 Å². The summed E-state index contributed by atoms with van der Waals surface area (Å²) in [7, 11) is 1.52. The zero-order chi connectivity index (χ0) is 20.1. The largest absolute Gasteiger partial charge is 0.494 e. The van der Waals surface area contributed by atoms with E-state index in [9.17, 15) is 9.18 Å². The number of halogens is 1. The van der Waals surface area contributed by atoms with Crippen molar-refractivity contribution in [2.45, 2.75) is 19.3 Å². The van der Waals surface area contributed by atoms with Gasteiger partial charge in [-0.3, -0.25) is 9.69 Å². The van der Waals surface area contributed by atoms with Crippen LogP contribution in [0.1, 0.15) is 18.4 Å². The molecule has 0 saturated heterocycles. The Balaban J connectivity index is 1.86.